The van der Waals surface area contributed by atoms with Gasteiger partial charge in [0.2, 0.25) is 0 Å². The van der Waals surface area contributed by atoms with Crippen LogP contribution in [0.15, 0.2) is 35.1 Å². The van der Waals surface area contributed by atoms with Crippen LogP contribution >= 0.6 is 0 Å². The number of hydrogen-bond acceptors (Lipinski definition) is 4. The maximum atomic E-state index is 11.9. The van der Waals surface area contributed by atoms with E-state index < -0.39 is 0 Å². The Bertz CT molecular complexity index is 809. The second-order valence-corrected chi connectivity index (χ2v) is 6.46. The smallest absolute Gasteiger partial charge is 0.266 e. The zero-order valence-electron chi connectivity index (χ0n) is 14.2. The van der Waals surface area contributed by atoms with Crippen LogP contribution in [0, 0.1) is 18.3 Å². The van der Waals surface area contributed by atoms with E-state index in [4.69, 9.17) is 0 Å². The first kappa shape index (κ1) is 16.4. The zero-order chi connectivity index (χ0) is 17.1. The fraction of sp³-hybridized carbons (Fsp3) is 0.368. The monoisotopic (exact) mass is 322 g/mol. The molecule has 1 saturated heterocycles. The average molecular weight is 322 g/mol. The number of hydrogen-bond donors (Lipinski definition) is 1. The summed E-state index contributed by atoms with van der Waals surface area (Å²) < 4.78 is 0. The van der Waals surface area contributed by atoms with Crippen molar-refractivity contribution in [3.05, 3.63) is 57.5 Å². The number of nitriles is 1. The van der Waals surface area contributed by atoms with Gasteiger partial charge in [0.25, 0.3) is 5.56 Å². The van der Waals surface area contributed by atoms with Crippen molar-refractivity contribution in [1.29, 1.82) is 5.26 Å². The highest BCUT2D eigenvalue weighted by Gasteiger charge is 2.14. The largest absolute Gasteiger partial charge is 0.325 e. The van der Waals surface area contributed by atoms with E-state index in [1.807, 2.05) is 31.2 Å². The molecular weight excluding hydrogens is 300 g/mol. The molecule has 1 aromatic carbocycles. The van der Waals surface area contributed by atoms with Gasteiger partial charge in [-0.2, -0.15) is 5.26 Å². The van der Waals surface area contributed by atoms with Gasteiger partial charge in [0.15, 0.2) is 0 Å². The van der Waals surface area contributed by atoms with Crippen molar-refractivity contribution < 1.29 is 0 Å². The normalized spacial score (nSPS) is 16.0. The number of benzene rings is 1. The fourth-order valence-electron chi connectivity index (χ4n) is 3.08. The van der Waals surface area contributed by atoms with Gasteiger partial charge in [-0.05, 0) is 31.2 Å². The number of piperazine rings is 1. The Morgan fingerprint density at radius 1 is 1.17 bits per heavy atom. The first-order chi connectivity index (χ1) is 11.6. The molecule has 2 heterocycles. The molecule has 0 atom stereocenters. The summed E-state index contributed by atoms with van der Waals surface area (Å²) in [4.78, 5) is 19.4. The maximum Gasteiger partial charge on any atom is 0.266 e. The molecule has 1 aliphatic rings. The molecule has 3 rings (SSSR count). The van der Waals surface area contributed by atoms with Crippen LogP contribution in [0.2, 0.25) is 0 Å². The Morgan fingerprint density at radius 3 is 2.46 bits per heavy atom. The number of likely N-dealkylation sites (N-methyl/N-ethyl adjacent to an activating group) is 1. The van der Waals surface area contributed by atoms with Crippen LogP contribution in [0.5, 0.6) is 0 Å². The maximum absolute atomic E-state index is 11.9. The average Bonchev–Trinajstić information content (AvgIpc) is 2.57. The highest BCUT2D eigenvalue weighted by Crippen LogP contribution is 2.23. The summed E-state index contributed by atoms with van der Waals surface area (Å²) in [6.07, 6.45) is 0. The molecule has 2 aromatic rings. The zero-order valence-corrected chi connectivity index (χ0v) is 14.2. The summed E-state index contributed by atoms with van der Waals surface area (Å²) in [7, 11) is 2.16. The fourth-order valence-corrected chi connectivity index (χ4v) is 3.08. The molecule has 1 N–H and O–H groups in total. The van der Waals surface area contributed by atoms with Gasteiger partial charge in [-0.3, -0.25) is 9.69 Å². The van der Waals surface area contributed by atoms with E-state index in [-0.39, 0.29) is 11.1 Å². The molecule has 24 heavy (non-hydrogen) atoms. The highest BCUT2D eigenvalue weighted by molar-refractivity contribution is 5.70. The SMILES string of the molecule is Cc1cc(-c2ccc(CN3CCN(C)CC3)cc2)c(C#N)c(=O)[nH]1. The van der Waals surface area contributed by atoms with Crippen LogP contribution in [0.25, 0.3) is 11.1 Å². The van der Waals surface area contributed by atoms with E-state index in [0.717, 1.165) is 44.0 Å². The predicted octanol–water partition coefficient (Wildman–Crippen LogP) is 1.97. The Kier molecular flexibility index (Phi) is 4.79. The molecular formula is C19H22N4O. The standard InChI is InChI=1S/C19H22N4O/c1-14-11-17(18(12-20)19(24)21-14)16-5-3-15(4-6-16)13-23-9-7-22(2)8-10-23/h3-6,11H,7-10,13H2,1-2H3,(H,21,24). The minimum absolute atomic E-state index is 0.174. The van der Waals surface area contributed by atoms with Gasteiger partial charge in [0, 0.05) is 44.0 Å². The molecule has 124 valence electrons. The molecule has 1 fully saturated rings. The first-order valence-corrected chi connectivity index (χ1v) is 8.21. The van der Waals surface area contributed by atoms with Crippen molar-refractivity contribution in [2.45, 2.75) is 13.5 Å². The Labute approximate surface area is 142 Å². The molecule has 5 heteroatoms. The van der Waals surface area contributed by atoms with Gasteiger partial charge in [-0.1, -0.05) is 24.3 Å². The molecule has 0 spiro atoms. The molecule has 0 radical (unpaired) electrons. The summed E-state index contributed by atoms with van der Waals surface area (Å²) in [5.41, 5.74) is 3.47. The van der Waals surface area contributed by atoms with Crippen molar-refractivity contribution in [3.8, 4) is 17.2 Å². The number of aromatic amines is 1. The lowest BCUT2D eigenvalue weighted by molar-refractivity contribution is 0.148. The van der Waals surface area contributed by atoms with Gasteiger partial charge in [-0.15, -0.1) is 0 Å². The third-order valence-corrected chi connectivity index (χ3v) is 4.55. The van der Waals surface area contributed by atoms with Gasteiger partial charge in [0.05, 0.1) is 0 Å². The van der Waals surface area contributed by atoms with E-state index in [9.17, 15) is 10.1 Å². The molecule has 0 aliphatic carbocycles. The third-order valence-electron chi connectivity index (χ3n) is 4.55. The van der Waals surface area contributed by atoms with Crippen LogP contribution in [-0.4, -0.2) is 48.0 Å². The molecule has 5 nitrogen and oxygen atoms in total. The van der Waals surface area contributed by atoms with Crippen molar-refractivity contribution in [1.82, 2.24) is 14.8 Å². The quantitative estimate of drug-likeness (QED) is 0.938. The van der Waals surface area contributed by atoms with Crippen LogP contribution in [-0.2, 0) is 6.54 Å². The molecule has 0 bridgehead atoms. The summed E-state index contributed by atoms with van der Waals surface area (Å²) in [6.45, 7) is 7.15. The van der Waals surface area contributed by atoms with E-state index in [0.29, 0.717) is 5.56 Å². The third kappa shape index (κ3) is 3.56. The van der Waals surface area contributed by atoms with Crippen LogP contribution in [0.4, 0.5) is 0 Å². The summed E-state index contributed by atoms with van der Waals surface area (Å²) in [5, 5.41) is 9.26. The van der Waals surface area contributed by atoms with Gasteiger partial charge in [0.1, 0.15) is 11.6 Å². The predicted molar refractivity (Wildman–Crippen MR) is 94.7 cm³/mol. The lowest BCUT2D eigenvalue weighted by Gasteiger charge is -2.32. The second-order valence-electron chi connectivity index (χ2n) is 6.46. The van der Waals surface area contributed by atoms with E-state index in [1.54, 1.807) is 0 Å². The number of nitrogens with zero attached hydrogens (tertiary/aromatic N) is 3. The molecule has 0 saturated carbocycles. The minimum atomic E-state index is -0.325. The molecule has 0 unspecified atom stereocenters. The summed E-state index contributed by atoms with van der Waals surface area (Å²) in [6, 6.07) is 12.1. The minimum Gasteiger partial charge on any atom is -0.325 e. The van der Waals surface area contributed by atoms with Crippen molar-refractivity contribution in [3.63, 3.8) is 0 Å². The number of rotatable bonds is 3. The number of aromatic nitrogens is 1. The van der Waals surface area contributed by atoms with Crippen molar-refractivity contribution >= 4 is 0 Å². The highest BCUT2D eigenvalue weighted by atomic mass is 16.1. The van der Waals surface area contributed by atoms with E-state index in [2.05, 4.69) is 34.0 Å². The first-order valence-electron chi connectivity index (χ1n) is 8.21. The van der Waals surface area contributed by atoms with E-state index >= 15 is 0 Å². The Hall–Kier alpha value is -2.42. The summed E-state index contributed by atoms with van der Waals surface area (Å²) in [5.74, 6) is 0. The summed E-state index contributed by atoms with van der Waals surface area (Å²) >= 11 is 0. The van der Waals surface area contributed by atoms with Crippen LogP contribution in [0.3, 0.4) is 0 Å². The Morgan fingerprint density at radius 2 is 1.83 bits per heavy atom. The van der Waals surface area contributed by atoms with Gasteiger partial charge in [-0.25, -0.2) is 0 Å². The Balaban J connectivity index is 1.80. The van der Waals surface area contributed by atoms with Gasteiger partial charge < -0.3 is 9.88 Å². The van der Waals surface area contributed by atoms with Gasteiger partial charge >= 0.3 is 0 Å². The lowest BCUT2D eigenvalue weighted by atomic mass is 10.00. The molecule has 1 aliphatic heterocycles. The number of pyridine rings is 1. The molecule has 1 aromatic heterocycles. The second kappa shape index (κ2) is 7.00. The lowest BCUT2D eigenvalue weighted by Crippen LogP contribution is -2.43. The topological polar surface area (TPSA) is 63.1 Å². The number of H-pyrrole nitrogens is 1. The van der Waals surface area contributed by atoms with Crippen molar-refractivity contribution in [2.24, 2.45) is 0 Å². The van der Waals surface area contributed by atoms with E-state index in [1.165, 1.54) is 5.56 Å². The number of nitrogens with one attached hydrogen (secondary N) is 1. The number of aryl methyl sites for hydroxylation is 1. The van der Waals surface area contributed by atoms with Crippen LogP contribution in [0.1, 0.15) is 16.8 Å². The van der Waals surface area contributed by atoms with Crippen molar-refractivity contribution in [2.75, 3.05) is 33.2 Å². The molecule has 0 amide bonds. The van der Waals surface area contributed by atoms with Crippen LogP contribution < -0.4 is 5.56 Å².